The van der Waals surface area contributed by atoms with E-state index < -0.39 is 29.4 Å². The molecule has 8 heteroatoms. The van der Waals surface area contributed by atoms with Gasteiger partial charge < -0.3 is 10.1 Å². The second-order valence-corrected chi connectivity index (χ2v) is 7.37. The van der Waals surface area contributed by atoms with Crippen molar-refractivity contribution in [1.82, 2.24) is 10.2 Å². The van der Waals surface area contributed by atoms with Gasteiger partial charge in [-0.25, -0.2) is 0 Å². The lowest BCUT2D eigenvalue weighted by Crippen LogP contribution is -2.56. The molecule has 1 atom stereocenters. The van der Waals surface area contributed by atoms with Gasteiger partial charge in [0.25, 0.3) is 5.91 Å². The summed E-state index contributed by atoms with van der Waals surface area (Å²) in [7, 11) is 0. The quantitative estimate of drug-likeness (QED) is 0.841. The summed E-state index contributed by atoms with van der Waals surface area (Å²) in [6.45, 7) is 2.52. The molecule has 1 aromatic carbocycles. The number of carbonyl (C=O) groups excluding carboxylic acids is 2. The smallest absolute Gasteiger partial charge is 0.354 e. The average molecular weight is 398 g/mol. The second-order valence-electron chi connectivity index (χ2n) is 7.37. The molecule has 154 valence electrons. The molecule has 0 radical (unpaired) electrons. The molecule has 1 unspecified atom stereocenters. The van der Waals surface area contributed by atoms with Crippen molar-refractivity contribution in [2.45, 2.75) is 63.4 Å². The van der Waals surface area contributed by atoms with Gasteiger partial charge in [0.15, 0.2) is 0 Å². The van der Waals surface area contributed by atoms with Crippen molar-refractivity contribution in [2.24, 2.45) is 0 Å². The van der Waals surface area contributed by atoms with E-state index in [2.05, 4.69) is 5.32 Å². The molecule has 28 heavy (non-hydrogen) atoms. The molecule has 1 saturated heterocycles. The summed E-state index contributed by atoms with van der Waals surface area (Å²) < 4.78 is 44.5. The molecular formula is C20H25F3N2O3. The lowest BCUT2D eigenvalue weighted by Gasteiger charge is -2.41. The van der Waals surface area contributed by atoms with Gasteiger partial charge in [-0.1, -0.05) is 13.3 Å². The maximum atomic E-state index is 13.3. The van der Waals surface area contributed by atoms with Gasteiger partial charge >= 0.3 is 6.18 Å². The minimum absolute atomic E-state index is 0.0991. The normalized spacial score (nSPS) is 21.7. The number of nitrogens with one attached hydrogen (secondary N) is 1. The van der Waals surface area contributed by atoms with Gasteiger partial charge in [0.05, 0.1) is 12.2 Å². The van der Waals surface area contributed by atoms with Crippen LogP contribution < -0.4 is 5.32 Å². The molecule has 1 saturated carbocycles. The fraction of sp³-hybridized carbons (Fsp3) is 0.600. The predicted octanol–water partition coefficient (Wildman–Crippen LogP) is 3.73. The molecule has 2 amide bonds. The van der Waals surface area contributed by atoms with E-state index in [1.807, 2.05) is 6.92 Å². The van der Waals surface area contributed by atoms with E-state index in [9.17, 15) is 22.8 Å². The largest absolute Gasteiger partial charge is 0.416 e. The molecule has 2 aliphatic rings. The van der Waals surface area contributed by atoms with E-state index in [-0.39, 0.29) is 18.1 Å². The molecule has 5 nitrogen and oxygen atoms in total. The molecule has 0 bridgehead atoms. The third kappa shape index (κ3) is 4.01. The maximum absolute atomic E-state index is 13.3. The van der Waals surface area contributed by atoms with Gasteiger partial charge in [-0.05, 0) is 56.4 Å². The van der Waals surface area contributed by atoms with Crippen LogP contribution in [0, 0.1) is 0 Å². The zero-order chi connectivity index (χ0) is 20.4. The van der Waals surface area contributed by atoms with Crippen LogP contribution in [-0.2, 0) is 15.7 Å². The van der Waals surface area contributed by atoms with Crippen LogP contribution in [0.3, 0.4) is 0 Å². The van der Waals surface area contributed by atoms with E-state index in [4.69, 9.17) is 4.74 Å². The minimum atomic E-state index is -4.47. The van der Waals surface area contributed by atoms with Crippen molar-refractivity contribution in [2.75, 3.05) is 13.2 Å². The highest BCUT2D eigenvalue weighted by Crippen LogP contribution is 2.41. The predicted molar refractivity (Wildman–Crippen MR) is 96.5 cm³/mol. The Morgan fingerprint density at radius 3 is 2.39 bits per heavy atom. The maximum Gasteiger partial charge on any atom is 0.416 e. The number of amides is 2. The molecule has 1 aromatic rings. The molecule has 0 aromatic heterocycles. The van der Waals surface area contributed by atoms with E-state index >= 15 is 0 Å². The molecule has 1 aliphatic heterocycles. The summed E-state index contributed by atoms with van der Waals surface area (Å²) in [5.74, 6) is -0.755. The van der Waals surface area contributed by atoms with Crippen LogP contribution in [0.4, 0.5) is 13.2 Å². The highest BCUT2D eigenvalue weighted by atomic mass is 19.4. The van der Waals surface area contributed by atoms with Crippen LogP contribution in [0.15, 0.2) is 24.3 Å². The zero-order valence-electron chi connectivity index (χ0n) is 15.8. The Hall–Kier alpha value is -2.09. The molecule has 3 rings (SSSR count). The Morgan fingerprint density at radius 1 is 1.18 bits per heavy atom. The van der Waals surface area contributed by atoms with Crippen molar-refractivity contribution in [3.05, 3.63) is 35.4 Å². The number of halogens is 3. The number of benzene rings is 1. The molecular weight excluding hydrogens is 373 g/mol. The fourth-order valence-electron chi connectivity index (χ4n) is 3.98. The van der Waals surface area contributed by atoms with Gasteiger partial charge in [0, 0.05) is 12.1 Å². The summed E-state index contributed by atoms with van der Waals surface area (Å²) in [4.78, 5) is 27.4. The summed E-state index contributed by atoms with van der Waals surface area (Å²) >= 11 is 0. The molecule has 2 fully saturated rings. The Balaban J connectivity index is 1.89. The van der Waals surface area contributed by atoms with Gasteiger partial charge in [0.2, 0.25) is 5.91 Å². The SMILES string of the molecule is CCCNC(=O)C1COC2(CCCCC2)N1C(=O)c1ccc(C(F)(F)F)cc1. The molecule has 1 N–H and O–H groups in total. The highest BCUT2D eigenvalue weighted by Gasteiger charge is 2.52. The summed E-state index contributed by atoms with van der Waals surface area (Å²) in [6.07, 6.45) is 0.316. The number of rotatable bonds is 4. The Bertz CT molecular complexity index is 712. The molecule has 1 aliphatic carbocycles. The molecule has 1 heterocycles. The topological polar surface area (TPSA) is 58.6 Å². The first kappa shape index (κ1) is 20.6. The third-order valence-corrected chi connectivity index (χ3v) is 5.43. The number of hydrogen-bond donors (Lipinski definition) is 1. The number of alkyl halides is 3. The lowest BCUT2D eigenvalue weighted by atomic mass is 9.89. The van der Waals surface area contributed by atoms with Crippen molar-refractivity contribution in [3.63, 3.8) is 0 Å². The Labute approximate surface area is 162 Å². The Kier molecular flexibility index (Phi) is 5.98. The summed E-state index contributed by atoms with van der Waals surface area (Å²) in [5.41, 5.74) is -1.55. The van der Waals surface area contributed by atoms with Gasteiger partial charge in [-0.2, -0.15) is 13.2 Å². The standard InChI is InChI=1S/C20H25F3N2O3/c1-2-12-24-17(26)16-13-28-19(10-4-3-5-11-19)25(16)18(27)14-6-8-15(9-7-14)20(21,22)23/h6-9,16H,2-5,10-13H2,1H3,(H,24,26). The van der Waals surface area contributed by atoms with Crippen molar-refractivity contribution < 1.29 is 27.5 Å². The second kappa shape index (κ2) is 8.11. The van der Waals surface area contributed by atoms with Gasteiger partial charge in [-0.15, -0.1) is 0 Å². The first-order valence-electron chi connectivity index (χ1n) is 9.71. The van der Waals surface area contributed by atoms with Crippen LogP contribution in [0.5, 0.6) is 0 Å². The number of carbonyl (C=O) groups is 2. The third-order valence-electron chi connectivity index (χ3n) is 5.43. The van der Waals surface area contributed by atoms with Crippen LogP contribution in [-0.4, -0.2) is 41.6 Å². The van der Waals surface area contributed by atoms with E-state index in [1.165, 1.54) is 17.0 Å². The Morgan fingerprint density at radius 2 is 1.82 bits per heavy atom. The summed E-state index contributed by atoms with van der Waals surface area (Å²) in [6, 6.07) is 3.34. The number of hydrogen-bond acceptors (Lipinski definition) is 3. The zero-order valence-corrected chi connectivity index (χ0v) is 15.8. The van der Waals surface area contributed by atoms with Crippen LogP contribution in [0.2, 0.25) is 0 Å². The average Bonchev–Trinajstić information content (AvgIpc) is 3.04. The van der Waals surface area contributed by atoms with Crippen molar-refractivity contribution in [3.8, 4) is 0 Å². The van der Waals surface area contributed by atoms with E-state index in [1.54, 1.807) is 0 Å². The molecule has 1 spiro atoms. The minimum Gasteiger partial charge on any atom is -0.354 e. The number of ether oxygens (including phenoxy) is 1. The van der Waals surface area contributed by atoms with Crippen LogP contribution in [0.1, 0.15) is 61.4 Å². The highest BCUT2D eigenvalue weighted by molar-refractivity contribution is 5.98. The summed E-state index contributed by atoms with van der Waals surface area (Å²) in [5, 5.41) is 2.80. The van der Waals surface area contributed by atoms with Gasteiger partial charge in [-0.3, -0.25) is 14.5 Å². The lowest BCUT2D eigenvalue weighted by molar-refractivity contribution is -0.137. The first-order valence-corrected chi connectivity index (χ1v) is 9.71. The van der Waals surface area contributed by atoms with Gasteiger partial charge in [0.1, 0.15) is 11.8 Å². The monoisotopic (exact) mass is 398 g/mol. The van der Waals surface area contributed by atoms with E-state index in [0.717, 1.165) is 37.8 Å². The van der Waals surface area contributed by atoms with E-state index in [0.29, 0.717) is 19.4 Å². The van der Waals surface area contributed by atoms with Crippen molar-refractivity contribution in [1.29, 1.82) is 0 Å². The number of nitrogens with zero attached hydrogens (tertiary/aromatic N) is 1. The van der Waals surface area contributed by atoms with Crippen LogP contribution in [0.25, 0.3) is 0 Å². The fourth-order valence-corrected chi connectivity index (χ4v) is 3.98. The van der Waals surface area contributed by atoms with Crippen LogP contribution >= 0.6 is 0 Å². The first-order chi connectivity index (χ1) is 13.3. The van der Waals surface area contributed by atoms with Crippen molar-refractivity contribution >= 4 is 11.8 Å².